The minimum Gasteiger partial charge on any atom is -0.294 e. The van der Waals surface area contributed by atoms with E-state index >= 15 is 0 Å². The maximum absolute atomic E-state index is 4.90. The highest BCUT2D eigenvalue weighted by Gasteiger charge is 2.22. The lowest BCUT2D eigenvalue weighted by Gasteiger charge is -2.27. The molecule has 0 bridgehead atoms. The molecule has 1 aliphatic heterocycles. The number of H-pyrrole nitrogens is 1. The van der Waals surface area contributed by atoms with Crippen LogP contribution in [0, 0.1) is 0 Å². The average molecular weight is 359 g/mol. The molecule has 0 spiro atoms. The highest BCUT2D eigenvalue weighted by molar-refractivity contribution is 5.76. The van der Waals surface area contributed by atoms with Gasteiger partial charge in [0.1, 0.15) is 11.0 Å². The van der Waals surface area contributed by atoms with Crippen molar-refractivity contribution < 1.29 is 4.63 Å². The summed E-state index contributed by atoms with van der Waals surface area (Å²) in [5.41, 5.74) is 8.04. The lowest BCUT2D eigenvalue weighted by molar-refractivity contribution is 0.244. The van der Waals surface area contributed by atoms with Gasteiger partial charge in [-0.05, 0) is 40.3 Å². The molecule has 2 aromatic heterocycles. The Balaban J connectivity index is 1.32. The summed E-state index contributed by atoms with van der Waals surface area (Å²) in [4.78, 5) is 2.45. The first-order valence-corrected chi connectivity index (χ1v) is 9.38. The second-order valence-corrected chi connectivity index (χ2v) is 7.12. The largest absolute Gasteiger partial charge is 0.294 e. The standard InChI is InChI=1S/C21H21N5O/c1-2-5-15(6-3-1)9-10-18-17-14-26(12-11-19(17)23-22-18)13-16-7-4-8-20-21(16)25-27-24-20/h1-8H,9-14H2,(H,22,23). The molecule has 136 valence electrons. The minimum absolute atomic E-state index is 0.817. The Kier molecular flexibility index (Phi) is 4.18. The summed E-state index contributed by atoms with van der Waals surface area (Å²) in [6, 6.07) is 16.7. The van der Waals surface area contributed by atoms with Crippen LogP contribution in [-0.2, 0) is 32.4 Å². The molecule has 2 aromatic carbocycles. The van der Waals surface area contributed by atoms with E-state index in [1.165, 1.54) is 22.5 Å². The van der Waals surface area contributed by atoms with Gasteiger partial charge in [-0.25, -0.2) is 4.63 Å². The van der Waals surface area contributed by atoms with E-state index in [9.17, 15) is 0 Å². The first-order chi connectivity index (χ1) is 13.4. The monoisotopic (exact) mass is 359 g/mol. The van der Waals surface area contributed by atoms with Crippen molar-refractivity contribution >= 4 is 11.0 Å². The Hall–Kier alpha value is -2.99. The fourth-order valence-corrected chi connectivity index (χ4v) is 3.89. The van der Waals surface area contributed by atoms with Crippen LogP contribution in [0.4, 0.5) is 0 Å². The topological polar surface area (TPSA) is 70.8 Å². The molecule has 3 heterocycles. The normalized spacial score (nSPS) is 14.5. The Bertz CT molecular complexity index is 1050. The van der Waals surface area contributed by atoms with Crippen LogP contribution in [0.15, 0.2) is 53.2 Å². The molecule has 0 fully saturated rings. The van der Waals surface area contributed by atoms with Crippen molar-refractivity contribution in [2.24, 2.45) is 0 Å². The van der Waals surface area contributed by atoms with Crippen molar-refractivity contribution in [3.05, 3.63) is 76.6 Å². The molecule has 0 atom stereocenters. The molecule has 6 nitrogen and oxygen atoms in total. The Morgan fingerprint density at radius 1 is 1.00 bits per heavy atom. The number of nitrogens with zero attached hydrogens (tertiary/aromatic N) is 4. The maximum atomic E-state index is 4.90. The van der Waals surface area contributed by atoms with E-state index in [1.807, 2.05) is 12.1 Å². The van der Waals surface area contributed by atoms with Gasteiger partial charge < -0.3 is 0 Å². The second kappa shape index (κ2) is 6.96. The van der Waals surface area contributed by atoms with Gasteiger partial charge in [0.15, 0.2) is 0 Å². The SMILES string of the molecule is c1ccc(CCc2n[nH]c3c2CN(Cc2cccc4nonc24)CC3)cc1. The van der Waals surface area contributed by atoms with Crippen molar-refractivity contribution in [1.29, 1.82) is 0 Å². The van der Waals surface area contributed by atoms with E-state index in [0.29, 0.717) is 0 Å². The van der Waals surface area contributed by atoms with Gasteiger partial charge >= 0.3 is 0 Å². The van der Waals surface area contributed by atoms with Crippen molar-refractivity contribution in [2.45, 2.75) is 32.4 Å². The van der Waals surface area contributed by atoms with Crippen LogP contribution < -0.4 is 0 Å². The lowest BCUT2D eigenvalue weighted by Crippen LogP contribution is -2.30. The summed E-state index contributed by atoms with van der Waals surface area (Å²) in [5, 5.41) is 15.9. The number of nitrogens with one attached hydrogen (secondary N) is 1. The van der Waals surface area contributed by atoms with Crippen LogP contribution in [0.25, 0.3) is 11.0 Å². The zero-order valence-electron chi connectivity index (χ0n) is 15.1. The quantitative estimate of drug-likeness (QED) is 0.592. The van der Waals surface area contributed by atoms with Gasteiger partial charge in [0, 0.05) is 37.3 Å². The Morgan fingerprint density at radius 2 is 1.93 bits per heavy atom. The number of hydrogen-bond donors (Lipinski definition) is 1. The molecule has 1 aliphatic rings. The summed E-state index contributed by atoms with van der Waals surface area (Å²) < 4.78 is 4.90. The third-order valence-corrected chi connectivity index (χ3v) is 5.36. The fraction of sp³-hybridized carbons (Fsp3) is 0.286. The van der Waals surface area contributed by atoms with Gasteiger partial charge in [-0.1, -0.05) is 42.5 Å². The van der Waals surface area contributed by atoms with Crippen LogP contribution in [0.5, 0.6) is 0 Å². The van der Waals surface area contributed by atoms with Crippen molar-refractivity contribution in [2.75, 3.05) is 6.54 Å². The summed E-state index contributed by atoms with van der Waals surface area (Å²) in [6.07, 6.45) is 2.98. The summed E-state index contributed by atoms with van der Waals surface area (Å²) in [6.45, 7) is 2.76. The van der Waals surface area contributed by atoms with Crippen LogP contribution >= 0.6 is 0 Å². The van der Waals surface area contributed by atoms with Gasteiger partial charge in [0.25, 0.3) is 0 Å². The van der Waals surface area contributed by atoms with Gasteiger partial charge in [0.2, 0.25) is 0 Å². The van der Waals surface area contributed by atoms with E-state index in [-0.39, 0.29) is 0 Å². The molecular weight excluding hydrogens is 338 g/mol. The molecule has 0 radical (unpaired) electrons. The maximum Gasteiger partial charge on any atom is 0.139 e. The van der Waals surface area contributed by atoms with Crippen LogP contribution in [0.3, 0.4) is 0 Å². The highest BCUT2D eigenvalue weighted by atomic mass is 16.6. The van der Waals surface area contributed by atoms with E-state index in [4.69, 9.17) is 4.63 Å². The molecule has 6 heteroatoms. The fourth-order valence-electron chi connectivity index (χ4n) is 3.89. The van der Waals surface area contributed by atoms with Gasteiger partial charge in [-0.3, -0.25) is 10.00 Å². The summed E-state index contributed by atoms with van der Waals surface area (Å²) >= 11 is 0. The van der Waals surface area contributed by atoms with Gasteiger partial charge in [-0.2, -0.15) is 5.10 Å². The zero-order chi connectivity index (χ0) is 18.1. The van der Waals surface area contributed by atoms with Crippen molar-refractivity contribution in [3.63, 3.8) is 0 Å². The molecule has 1 N–H and O–H groups in total. The molecule has 27 heavy (non-hydrogen) atoms. The Labute approximate surface area is 157 Å². The molecule has 0 amide bonds. The predicted molar refractivity (Wildman–Crippen MR) is 102 cm³/mol. The third kappa shape index (κ3) is 3.24. The molecule has 4 aromatic rings. The molecule has 0 unspecified atom stereocenters. The molecule has 0 saturated heterocycles. The highest BCUT2D eigenvalue weighted by Crippen LogP contribution is 2.24. The van der Waals surface area contributed by atoms with E-state index in [1.54, 1.807) is 0 Å². The number of rotatable bonds is 5. The van der Waals surface area contributed by atoms with Crippen molar-refractivity contribution in [1.82, 2.24) is 25.4 Å². The zero-order valence-corrected chi connectivity index (χ0v) is 15.1. The first kappa shape index (κ1) is 16.2. The summed E-state index contributed by atoms with van der Waals surface area (Å²) in [7, 11) is 0. The molecule has 0 saturated carbocycles. The smallest absolute Gasteiger partial charge is 0.139 e. The third-order valence-electron chi connectivity index (χ3n) is 5.36. The Morgan fingerprint density at radius 3 is 2.85 bits per heavy atom. The number of fused-ring (bicyclic) bond motifs is 2. The van der Waals surface area contributed by atoms with Gasteiger partial charge in [-0.15, -0.1) is 0 Å². The number of hydrogen-bond acceptors (Lipinski definition) is 5. The lowest BCUT2D eigenvalue weighted by atomic mass is 10.0. The first-order valence-electron chi connectivity index (χ1n) is 9.38. The van der Waals surface area contributed by atoms with E-state index in [0.717, 1.165) is 55.5 Å². The summed E-state index contributed by atoms with van der Waals surface area (Å²) in [5.74, 6) is 0. The van der Waals surface area contributed by atoms with Gasteiger partial charge in [0.05, 0.1) is 5.69 Å². The number of aromatic nitrogens is 4. The van der Waals surface area contributed by atoms with Crippen molar-refractivity contribution in [3.8, 4) is 0 Å². The molecule has 5 rings (SSSR count). The van der Waals surface area contributed by atoms with Crippen LogP contribution in [-0.4, -0.2) is 32.0 Å². The average Bonchev–Trinajstić information content (AvgIpc) is 3.34. The minimum atomic E-state index is 0.817. The number of aryl methyl sites for hydroxylation is 2. The second-order valence-electron chi connectivity index (χ2n) is 7.12. The molecular formula is C21H21N5O. The number of benzene rings is 2. The van der Waals surface area contributed by atoms with Crippen LogP contribution in [0.2, 0.25) is 0 Å². The van der Waals surface area contributed by atoms with Crippen LogP contribution in [0.1, 0.15) is 28.1 Å². The molecule has 0 aliphatic carbocycles. The van der Waals surface area contributed by atoms with E-state index in [2.05, 4.69) is 61.8 Å². The predicted octanol–water partition coefficient (Wildman–Crippen LogP) is 3.29. The van der Waals surface area contributed by atoms with E-state index < -0.39 is 0 Å². The number of aromatic amines is 1.